The molecule has 0 spiro atoms. The predicted molar refractivity (Wildman–Crippen MR) is 104 cm³/mol. The molecule has 158 valence electrons. The zero-order valence-corrected chi connectivity index (χ0v) is 17.3. The van der Waals surface area contributed by atoms with E-state index in [4.69, 9.17) is 0 Å². The van der Waals surface area contributed by atoms with Crippen molar-refractivity contribution >= 4 is 15.7 Å². The number of allylic oxidation sites excluding steroid dienone is 1. The number of aliphatic hydroxyl groups is 1. The van der Waals surface area contributed by atoms with Crippen molar-refractivity contribution in [1.82, 2.24) is 26.0 Å². The molecule has 3 fully saturated rings. The molecule has 0 saturated carbocycles. The van der Waals surface area contributed by atoms with Gasteiger partial charge in [-0.15, -0.1) is 0 Å². The van der Waals surface area contributed by atoms with Crippen molar-refractivity contribution in [1.29, 1.82) is 0 Å². The van der Waals surface area contributed by atoms with Crippen molar-refractivity contribution in [3.05, 3.63) is 12.2 Å². The number of nitrogens with zero attached hydrogens (tertiary/aromatic N) is 2. The van der Waals surface area contributed by atoms with E-state index < -0.39 is 27.1 Å². The maximum absolute atomic E-state index is 13.1. The van der Waals surface area contributed by atoms with Crippen LogP contribution in [0.4, 0.5) is 0 Å². The number of rotatable bonds is 1. The Hall–Kier alpha value is -1.04. The van der Waals surface area contributed by atoms with E-state index in [1.54, 1.807) is 5.01 Å². The monoisotopic (exact) mass is 413 g/mol. The zero-order valence-electron chi connectivity index (χ0n) is 16.5. The summed E-state index contributed by atoms with van der Waals surface area (Å²) in [5.41, 5.74) is -1.71. The third-order valence-electron chi connectivity index (χ3n) is 6.49. The molecule has 28 heavy (non-hydrogen) atoms. The minimum Gasteiger partial charge on any atom is -0.389 e. The van der Waals surface area contributed by atoms with Gasteiger partial charge in [-0.2, -0.15) is 5.01 Å². The Morgan fingerprint density at radius 2 is 2.04 bits per heavy atom. The minimum absolute atomic E-state index is 0.00321. The highest BCUT2D eigenvalue weighted by Crippen LogP contribution is 2.34. The smallest absolute Gasteiger partial charge is 0.244 e. The highest BCUT2D eigenvalue weighted by atomic mass is 32.2. The molecule has 3 saturated heterocycles. The van der Waals surface area contributed by atoms with Crippen LogP contribution in [0.15, 0.2) is 12.2 Å². The summed E-state index contributed by atoms with van der Waals surface area (Å²) in [6.45, 7) is 2.64. The first-order valence-corrected chi connectivity index (χ1v) is 12.1. The summed E-state index contributed by atoms with van der Waals surface area (Å²) in [6.07, 6.45) is 8.70. The Balaban J connectivity index is 1.67. The third kappa shape index (κ3) is 3.61. The fourth-order valence-corrected chi connectivity index (χ4v) is 5.68. The van der Waals surface area contributed by atoms with Crippen LogP contribution in [0.25, 0.3) is 0 Å². The predicted octanol–water partition coefficient (Wildman–Crippen LogP) is -0.922. The number of piperidine rings is 1. The van der Waals surface area contributed by atoms with Crippen molar-refractivity contribution in [3.63, 3.8) is 0 Å². The summed E-state index contributed by atoms with van der Waals surface area (Å²) in [4.78, 5) is 13.1. The van der Waals surface area contributed by atoms with Crippen LogP contribution in [-0.4, -0.2) is 78.3 Å². The van der Waals surface area contributed by atoms with Crippen LogP contribution in [-0.2, 0) is 14.6 Å². The normalized spacial score (nSPS) is 42.6. The van der Waals surface area contributed by atoms with Gasteiger partial charge >= 0.3 is 0 Å². The molecule has 0 radical (unpaired) electrons. The first-order valence-electron chi connectivity index (χ1n) is 10.1. The lowest BCUT2D eigenvalue weighted by Crippen LogP contribution is -2.69. The molecule has 9 nitrogen and oxygen atoms in total. The van der Waals surface area contributed by atoms with Gasteiger partial charge in [0, 0.05) is 18.8 Å². The second kappa shape index (κ2) is 7.33. The highest BCUT2D eigenvalue weighted by Gasteiger charge is 2.53. The van der Waals surface area contributed by atoms with E-state index >= 15 is 0 Å². The molecule has 4 aliphatic rings. The molecule has 6 atom stereocenters. The molecule has 0 aliphatic carbocycles. The first kappa shape index (κ1) is 20.2. The summed E-state index contributed by atoms with van der Waals surface area (Å²) in [7, 11) is -3.35. The molecule has 4 heterocycles. The van der Waals surface area contributed by atoms with Gasteiger partial charge < -0.3 is 5.11 Å². The SMILES string of the molecule is CC1(O)CCC=CCN2C(=O)C3CNC(S(C)(=O)=O)NC3N2C2CCCC1N2. The largest absolute Gasteiger partial charge is 0.389 e. The lowest BCUT2D eigenvalue weighted by Gasteiger charge is -2.47. The van der Waals surface area contributed by atoms with Crippen LogP contribution in [0.1, 0.15) is 39.0 Å². The van der Waals surface area contributed by atoms with Crippen molar-refractivity contribution in [2.45, 2.75) is 68.5 Å². The summed E-state index contributed by atoms with van der Waals surface area (Å²) >= 11 is 0. The topological polar surface area (TPSA) is 114 Å². The second-order valence-corrected chi connectivity index (χ2v) is 10.8. The Labute approximate surface area is 166 Å². The number of hydrogen-bond donors (Lipinski definition) is 4. The average Bonchev–Trinajstić information content (AvgIpc) is 2.91. The number of sulfone groups is 1. The summed E-state index contributed by atoms with van der Waals surface area (Å²) in [6, 6.07) is -0.0684. The quantitative estimate of drug-likeness (QED) is 0.408. The van der Waals surface area contributed by atoms with Gasteiger partial charge in [-0.1, -0.05) is 12.2 Å². The molecular weight excluding hydrogens is 382 g/mol. The van der Waals surface area contributed by atoms with E-state index in [1.807, 2.05) is 24.1 Å². The van der Waals surface area contributed by atoms with Crippen LogP contribution < -0.4 is 16.0 Å². The van der Waals surface area contributed by atoms with E-state index in [0.717, 1.165) is 25.7 Å². The maximum atomic E-state index is 13.1. The fourth-order valence-electron chi connectivity index (χ4n) is 4.89. The van der Waals surface area contributed by atoms with Gasteiger partial charge in [-0.05, 0) is 39.0 Å². The molecule has 4 aliphatic heterocycles. The van der Waals surface area contributed by atoms with E-state index in [0.29, 0.717) is 19.5 Å². The first-order chi connectivity index (χ1) is 13.2. The highest BCUT2D eigenvalue weighted by molar-refractivity contribution is 7.91. The van der Waals surface area contributed by atoms with Gasteiger partial charge in [0.15, 0.2) is 15.3 Å². The van der Waals surface area contributed by atoms with E-state index in [2.05, 4.69) is 16.0 Å². The summed E-state index contributed by atoms with van der Waals surface area (Å²) < 4.78 is 24.2. The number of carbonyl (C=O) groups excluding carboxylic acids is 1. The summed E-state index contributed by atoms with van der Waals surface area (Å²) in [5.74, 6) is -0.353. The maximum Gasteiger partial charge on any atom is 0.244 e. The standard InChI is InChI=1S/C18H31N5O4S/c1-18(25)9-4-3-5-10-22-16(24)12-11-19-17(28(2,26)27)21-15(12)23(22)14-8-6-7-13(18)20-14/h3,5,12-15,17,19-21,25H,4,6-11H2,1-2H3. The van der Waals surface area contributed by atoms with Crippen molar-refractivity contribution < 1.29 is 18.3 Å². The van der Waals surface area contributed by atoms with Crippen molar-refractivity contribution in [3.8, 4) is 0 Å². The van der Waals surface area contributed by atoms with Gasteiger partial charge in [-0.25, -0.2) is 8.42 Å². The third-order valence-corrected chi connectivity index (χ3v) is 7.65. The van der Waals surface area contributed by atoms with Gasteiger partial charge in [0.1, 0.15) is 0 Å². The number of amides is 1. The van der Waals surface area contributed by atoms with Crippen LogP contribution in [0.5, 0.6) is 0 Å². The molecule has 10 heteroatoms. The fraction of sp³-hybridized carbons (Fsp3) is 0.833. The second-order valence-electron chi connectivity index (χ2n) is 8.67. The van der Waals surface area contributed by atoms with Crippen molar-refractivity contribution in [2.24, 2.45) is 5.92 Å². The number of hydrazine groups is 1. The number of hydrogen-bond acceptors (Lipinski definition) is 8. The molecule has 0 aromatic heterocycles. The Bertz CT molecular complexity index is 755. The molecule has 4 N–H and O–H groups in total. The average molecular weight is 414 g/mol. The number of fused-ring (bicyclic) bond motifs is 6. The van der Waals surface area contributed by atoms with E-state index in [1.165, 1.54) is 6.26 Å². The molecule has 1 amide bonds. The molecule has 6 unspecified atom stereocenters. The van der Waals surface area contributed by atoms with Gasteiger partial charge in [0.2, 0.25) is 5.91 Å². The Morgan fingerprint density at radius 1 is 1.25 bits per heavy atom. The lowest BCUT2D eigenvalue weighted by atomic mass is 9.85. The molecular formula is C18H31N5O4S. The van der Waals surface area contributed by atoms with Crippen LogP contribution in [0, 0.1) is 5.92 Å². The Kier molecular flexibility index (Phi) is 5.30. The van der Waals surface area contributed by atoms with E-state index in [9.17, 15) is 18.3 Å². The molecule has 4 rings (SSSR count). The lowest BCUT2D eigenvalue weighted by molar-refractivity contribution is -0.146. The Morgan fingerprint density at radius 3 is 2.79 bits per heavy atom. The summed E-state index contributed by atoms with van der Waals surface area (Å²) in [5, 5.41) is 24.4. The van der Waals surface area contributed by atoms with E-state index in [-0.39, 0.29) is 24.0 Å². The van der Waals surface area contributed by atoms with Crippen LogP contribution in [0.3, 0.4) is 0 Å². The molecule has 2 bridgehead atoms. The van der Waals surface area contributed by atoms with Gasteiger partial charge in [-0.3, -0.25) is 25.8 Å². The van der Waals surface area contributed by atoms with Crippen LogP contribution in [0.2, 0.25) is 0 Å². The molecule has 0 aromatic rings. The van der Waals surface area contributed by atoms with Crippen LogP contribution >= 0.6 is 0 Å². The number of carbonyl (C=O) groups is 1. The number of nitrogens with one attached hydrogen (secondary N) is 3. The van der Waals surface area contributed by atoms with Gasteiger partial charge in [0.05, 0.1) is 30.4 Å². The zero-order chi connectivity index (χ0) is 20.1. The molecule has 0 aromatic carbocycles. The van der Waals surface area contributed by atoms with Crippen molar-refractivity contribution in [2.75, 3.05) is 19.3 Å². The van der Waals surface area contributed by atoms with Gasteiger partial charge in [0.25, 0.3) is 0 Å². The minimum atomic E-state index is -3.35.